The Morgan fingerprint density at radius 2 is 2.00 bits per heavy atom. The topological polar surface area (TPSA) is 15.3 Å². The van der Waals surface area contributed by atoms with Crippen LogP contribution in [-0.4, -0.2) is 20.1 Å². The second-order valence-corrected chi connectivity index (χ2v) is 6.07. The second-order valence-electron chi connectivity index (χ2n) is 5.66. The van der Waals surface area contributed by atoms with Gasteiger partial charge >= 0.3 is 0 Å². The number of benzene rings is 1. The van der Waals surface area contributed by atoms with Gasteiger partial charge in [0, 0.05) is 30.3 Å². The zero-order valence-electron chi connectivity index (χ0n) is 11.0. The molecule has 1 aromatic rings. The average molecular weight is 265 g/mol. The first-order chi connectivity index (χ1) is 8.78. The molecule has 1 saturated heterocycles. The van der Waals surface area contributed by atoms with E-state index in [-0.39, 0.29) is 0 Å². The van der Waals surface area contributed by atoms with E-state index >= 15 is 0 Å². The number of fused-ring (bicyclic) bond motifs is 1. The van der Waals surface area contributed by atoms with Gasteiger partial charge < -0.3 is 10.2 Å². The standard InChI is InChI=1S/C15H21ClN2/c1-17-8-11-5-6-14(7-15(11)16)18-9-12-3-2-4-13(12)10-18/h5-7,12-13,17H,2-4,8-10H2,1H3. The Morgan fingerprint density at radius 1 is 1.28 bits per heavy atom. The van der Waals surface area contributed by atoms with Crippen LogP contribution in [0.15, 0.2) is 18.2 Å². The Bertz CT molecular complexity index is 421. The molecule has 1 aliphatic carbocycles. The molecule has 18 heavy (non-hydrogen) atoms. The number of rotatable bonds is 3. The number of halogens is 1. The van der Waals surface area contributed by atoms with Crippen LogP contribution in [0.1, 0.15) is 24.8 Å². The minimum Gasteiger partial charge on any atom is -0.371 e. The molecule has 98 valence electrons. The van der Waals surface area contributed by atoms with Crippen molar-refractivity contribution in [3.8, 4) is 0 Å². The van der Waals surface area contributed by atoms with E-state index in [4.69, 9.17) is 11.6 Å². The predicted octanol–water partition coefficient (Wildman–Crippen LogP) is 3.30. The number of anilines is 1. The molecule has 0 spiro atoms. The van der Waals surface area contributed by atoms with Crippen LogP contribution in [0.2, 0.25) is 5.02 Å². The predicted molar refractivity (Wildman–Crippen MR) is 77.3 cm³/mol. The van der Waals surface area contributed by atoms with Crippen LogP contribution in [0.5, 0.6) is 0 Å². The van der Waals surface area contributed by atoms with E-state index in [2.05, 4.69) is 28.4 Å². The summed E-state index contributed by atoms with van der Waals surface area (Å²) < 4.78 is 0. The first kappa shape index (κ1) is 12.3. The zero-order chi connectivity index (χ0) is 12.5. The molecule has 1 saturated carbocycles. The van der Waals surface area contributed by atoms with Crippen LogP contribution in [0.4, 0.5) is 5.69 Å². The quantitative estimate of drug-likeness (QED) is 0.901. The van der Waals surface area contributed by atoms with Crippen molar-refractivity contribution < 1.29 is 0 Å². The fraction of sp³-hybridized carbons (Fsp3) is 0.600. The highest BCUT2D eigenvalue weighted by Gasteiger charge is 2.36. The van der Waals surface area contributed by atoms with E-state index in [1.165, 1.54) is 43.6 Å². The lowest BCUT2D eigenvalue weighted by Crippen LogP contribution is -2.20. The largest absolute Gasteiger partial charge is 0.371 e. The van der Waals surface area contributed by atoms with Crippen LogP contribution in [0.3, 0.4) is 0 Å². The minimum absolute atomic E-state index is 0.838. The Labute approximate surface area is 114 Å². The Hall–Kier alpha value is -0.730. The first-order valence-corrected chi connectivity index (χ1v) is 7.33. The van der Waals surface area contributed by atoms with Crippen molar-refractivity contribution in [3.63, 3.8) is 0 Å². The van der Waals surface area contributed by atoms with Gasteiger partial charge in [-0.3, -0.25) is 0 Å². The van der Waals surface area contributed by atoms with E-state index < -0.39 is 0 Å². The lowest BCUT2D eigenvalue weighted by molar-refractivity contribution is 0.494. The molecule has 0 bridgehead atoms. The molecule has 2 unspecified atom stereocenters. The van der Waals surface area contributed by atoms with E-state index in [1.54, 1.807) is 0 Å². The Kier molecular flexibility index (Phi) is 3.49. The Balaban J connectivity index is 1.75. The van der Waals surface area contributed by atoms with Gasteiger partial charge in [0.15, 0.2) is 0 Å². The Morgan fingerprint density at radius 3 is 2.61 bits per heavy atom. The summed E-state index contributed by atoms with van der Waals surface area (Å²) in [5.74, 6) is 1.86. The van der Waals surface area contributed by atoms with Gasteiger partial charge in [-0.15, -0.1) is 0 Å². The molecule has 1 heterocycles. The third kappa shape index (κ3) is 2.24. The van der Waals surface area contributed by atoms with Crippen molar-refractivity contribution in [1.82, 2.24) is 5.32 Å². The van der Waals surface area contributed by atoms with Gasteiger partial charge in [-0.05, 0) is 49.4 Å². The van der Waals surface area contributed by atoms with E-state index in [9.17, 15) is 0 Å². The van der Waals surface area contributed by atoms with Gasteiger partial charge in [-0.25, -0.2) is 0 Å². The normalized spacial score (nSPS) is 26.7. The maximum Gasteiger partial charge on any atom is 0.0471 e. The lowest BCUT2D eigenvalue weighted by atomic mass is 10.0. The van der Waals surface area contributed by atoms with Crippen LogP contribution < -0.4 is 10.2 Å². The summed E-state index contributed by atoms with van der Waals surface area (Å²) in [7, 11) is 1.95. The highest BCUT2D eigenvalue weighted by molar-refractivity contribution is 6.31. The zero-order valence-corrected chi connectivity index (χ0v) is 11.7. The summed E-state index contributed by atoms with van der Waals surface area (Å²) in [6.45, 7) is 3.29. The number of hydrogen-bond acceptors (Lipinski definition) is 2. The van der Waals surface area contributed by atoms with Gasteiger partial charge in [0.1, 0.15) is 0 Å². The van der Waals surface area contributed by atoms with Crippen molar-refractivity contribution in [1.29, 1.82) is 0 Å². The summed E-state index contributed by atoms with van der Waals surface area (Å²) >= 11 is 6.34. The van der Waals surface area contributed by atoms with Crippen molar-refractivity contribution >= 4 is 17.3 Å². The molecular formula is C15H21ClN2. The van der Waals surface area contributed by atoms with Crippen LogP contribution >= 0.6 is 11.6 Å². The smallest absolute Gasteiger partial charge is 0.0471 e. The molecule has 1 aromatic carbocycles. The minimum atomic E-state index is 0.838. The third-order valence-electron chi connectivity index (χ3n) is 4.50. The molecule has 2 nitrogen and oxygen atoms in total. The molecule has 2 aliphatic rings. The van der Waals surface area contributed by atoms with Gasteiger partial charge in [0.25, 0.3) is 0 Å². The second kappa shape index (κ2) is 5.10. The SMILES string of the molecule is CNCc1ccc(N2CC3CCCC3C2)cc1Cl. The molecule has 3 heteroatoms. The average Bonchev–Trinajstić information content (AvgIpc) is 2.92. The number of hydrogen-bond donors (Lipinski definition) is 1. The molecule has 1 aliphatic heterocycles. The van der Waals surface area contributed by atoms with Gasteiger partial charge in [-0.1, -0.05) is 24.1 Å². The van der Waals surface area contributed by atoms with E-state index in [0.717, 1.165) is 23.4 Å². The highest BCUT2D eigenvalue weighted by atomic mass is 35.5. The maximum absolute atomic E-state index is 6.34. The van der Waals surface area contributed by atoms with Gasteiger partial charge in [0.2, 0.25) is 0 Å². The van der Waals surface area contributed by atoms with Crippen molar-refractivity contribution in [2.24, 2.45) is 11.8 Å². The van der Waals surface area contributed by atoms with Gasteiger partial charge in [-0.2, -0.15) is 0 Å². The fourth-order valence-electron chi connectivity index (χ4n) is 3.51. The van der Waals surface area contributed by atoms with Crippen molar-refractivity contribution in [2.45, 2.75) is 25.8 Å². The highest BCUT2D eigenvalue weighted by Crippen LogP contribution is 2.40. The van der Waals surface area contributed by atoms with E-state index in [0.29, 0.717) is 0 Å². The van der Waals surface area contributed by atoms with Crippen LogP contribution in [0.25, 0.3) is 0 Å². The summed E-state index contributed by atoms with van der Waals surface area (Å²) in [4.78, 5) is 2.52. The summed E-state index contributed by atoms with van der Waals surface area (Å²) in [5.41, 5.74) is 2.48. The third-order valence-corrected chi connectivity index (χ3v) is 4.85. The summed E-state index contributed by atoms with van der Waals surface area (Å²) in [6.07, 6.45) is 4.28. The molecule has 0 radical (unpaired) electrons. The van der Waals surface area contributed by atoms with Crippen LogP contribution in [0, 0.1) is 11.8 Å². The molecule has 2 atom stereocenters. The van der Waals surface area contributed by atoms with Crippen molar-refractivity contribution in [2.75, 3.05) is 25.0 Å². The lowest BCUT2D eigenvalue weighted by Gasteiger charge is -2.20. The number of nitrogens with zero attached hydrogens (tertiary/aromatic N) is 1. The summed E-state index contributed by atoms with van der Waals surface area (Å²) in [5, 5.41) is 4.04. The first-order valence-electron chi connectivity index (χ1n) is 6.96. The molecule has 0 amide bonds. The number of nitrogens with one attached hydrogen (secondary N) is 1. The molecule has 0 aromatic heterocycles. The molecular weight excluding hydrogens is 244 g/mol. The molecule has 1 N–H and O–H groups in total. The summed E-state index contributed by atoms with van der Waals surface area (Å²) in [6, 6.07) is 6.51. The van der Waals surface area contributed by atoms with E-state index in [1.807, 2.05) is 7.05 Å². The molecule has 2 fully saturated rings. The monoisotopic (exact) mass is 264 g/mol. The van der Waals surface area contributed by atoms with Gasteiger partial charge in [0.05, 0.1) is 0 Å². The van der Waals surface area contributed by atoms with Crippen molar-refractivity contribution in [3.05, 3.63) is 28.8 Å². The maximum atomic E-state index is 6.34. The molecule has 3 rings (SSSR count). The fourth-order valence-corrected chi connectivity index (χ4v) is 3.75. The van der Waals surface area contributed by atoms with Crippen LogP contribution in [-0.2, 0) is 6.54 Å².